The van der Waals surface area contributed by atoms with Gasteiger partial charge in [-0.1, -0.05) is 66.7 Å². The Balaban J connectivity index is 1.29. The maximum atomic E-state index is 11.9. The van der Waals surface area contributed by atoms with Crippen LogP contribution in [0, 0.1) is 0 Å². The van der Waals surface area contributed by atoms with Gasteiger partial charge >= 0.3 is 5.97 Å². The summed E-state index contributed by atoms with van der Waals surface area (Å²) in [6.45, 7) is 3.13. The van der Waals surface area contributed by atoms with Crippen LogP contribution in [0.2, 0.25) is 0 Å². The van der Waals surface area contributed by atoms with Crippen LogP contribution in [0.5, 0.6) is 5.75 Å². The van der Waals surface area contributed by atoms with Crippen molar-refractivity contribution in [3.8, 4) is 27.4 Å². The van der Waals surface area contributed by atoms with Crippen molar-refractivity contribution < 1.29 is 24.1 Å². The number of hydrogen-bond donors (Lipinski definition) is 1. The van der Waals surface area contributed by atoms with E-state index in [9.17, 15) is 9.59 Å². The highest BCUT2D eigenvalue weighted by atomic mass is 32.1. The third kappa shape index (κ3) is 7.00. The molecular formula is C28H26N2O5S. The number of thiazole rings is 1. The second kappa shape index (κ2) is 12.1. The number of carbonyl (C=O) groups is 2. The molecule has 1 atom stereocenters. The molecule has 0 aliphatic heterocycles. The predicted molar refractivity (Wildman–Crippen MR) is 138 cm³/mol. The zero-order valence-electron chi connectivity index (χ0n) is 20.0. The van der Waals surface area contributed by atoms with Gasteiger partial charge in [-0.05, 0) is 35.7 Å². The summed E-state index contributed by atoms with van der Waals surface area (Å²) in [5, 5.41) is 5.80. The molecule has 1 aromatic heterocycles. The van der Waals surface area contributed by atoms with Gasteiger partial charge in [0.15, 0.2) is 6.61 Å². The second-order valence-corrected chi connectivity index (χ2v) is 8.93. The highest BCUT2D eigenvalue weighted by molar-refractivity contribution is 7.13. The first kappa shape index (κ1) is 25.1. The molecule has 3 aromatic carbocycles. The van der Waals surface area contributed by atoms with Gasteiger partial charge in [-0.25, -0.2) is 9.78 Å². The van der Waals surface area contributed by atoms with Gasteiger partial charge in [-0.2, -0.15) is 4.89 Å². The molecule has 0 bridgehead atoms. The van der Waals surface area contributed by atoms with Gasteiger partial charge < -0.3 is 10.1 Å². The van der Waals surface area contributed by atoms with Crippen molar-refractivity contribution in [1.29, 1.82) is 0 Å². The summed E-state index contributed by atoms with van der Waals surface area (Å²) in [5.74, 6) is -0.211. The molecule has 1 amide bonds. The maximum absolute atomic E-state index is 11.9. The van der Waals surface area contributed by atoms with Crippen LogP contribution in [-0.2, 0) is 26.0 Å². The van der Waals surface area contributed by atoms with Crippen LogP contribution in [0.15, 0.2) is 84.2 Å². The van der Waals surface area contributed by atoms with E-state index in [1.807, 2.05) is 79.0 Å². The van der Waals surface area contributed by atoms with Crippen molar-refractivity contribution in [1.82, 2.24) is 10.3 Å². The van der Waals surface area contributed by atoms with Crippen LogP contribution in [-0.4, -0.2) is 23.5 Å². The standard InChI is InChI=1S/C28H26N2O5S/c1-19(29-27(32)17-34-35-20(2)31)21-8-10-22(11-9-21)23-12-14-26(15-13-23)33-16-25-18-36-28(30-25)24-6-4-3-5-7-24/h3-15,18-19H,16-17H2,1-2H3,(H,29,32). The van der Waals surface area contributed by atoms with E-state index in [0.717, 1.165) is 38.7 Å². The summed E-state index contributed by atoms with van der Waals surface area (Å²) in [6.07, 6.45) is 0. The third-order valence-electron chi connectivity index (χ3n) is 5.30. The van der Waals surface area contributed by atoms with Crippen LogP contribution in [0.1, 0.15) is 31.1 Å². The van der Waals surface area contributed by atoms with Gasteiger partial charge in [0.25, 0.3) is 5.91 Å². The lowest BCUT2D eigenvalue weighted by molar-refractivity contribution is -0.266. The number of aromatic nitrogens is 1. The summed E-state index contributed by atoms with van der Waals surface area (Å²) in [5.41, 5.74) is 5.05. The second-order valence-electron chi connectivity index (χ2n) is 8.07. The first-order valence-electron chi connectivity index (χ1n) is 11.4. The molecular weight excluding hydrogens is 476 g/mol. The molecule has 0 saturated heterocycles. The normalized spacial score (nSPS) is 11.5. The zero-order valence-corrected chi connectivity index (χ0v) is 20.8. The quantitative estimate of drug-likeness (QED) is 0.220. The molecule has 0 spiro atoms. The fraction of sp³-hybridized carbons (Fsp3) is 0.179. The SMILES string of the molecule is CC(=O)OOCC(=O)NC(C)c1ccc(-c2ccc(OCc3csc(-c4ccccc4)n3)cc2)cc1. The number of ether oxygens (including phenoxy) is 1. The molecule has 4 aromatic rings. The van der Waals surface area contributed by atoms with Gasteiger partial charge in [-0.3, -0.25) is 9.68 Å². The van der Waals surface area contributed by atoms with Crippen molar-refractivity contribution in [2.24, 2.45) is 0 Å². The van der Waals surface area contributed by atoms with Crippen molar-refractivity contribution in [2.75, 3.05) is 6.61 Å². The topological polar surface area (TPSA) is 86.8 Å². The van der Waals surface area contributed by atoms with Crippen LogP contribution < -0.4 is 10.1 Å². The molecule has 0 aliphatic rings. The molecule has 1 unspecified atom stereocenters. The minimum absolute atomic E-state index is 0.226. The van der Waals surface area contributed by atoms with E-state index in [0.29, 0.717) is 6.61 Å². The lowest BCUT2D eigenvalue weighted by Gasteiger charge is -2.15. The average molecular weight is 503 g/mol. The number of amides is 1. The molecule has 8 heteroatoms. The van der Waals surface area contributed by atoms with Crippen LogP contribution in [0.4, 0.5) is 0 Å². The maximum Gasteiger partial charge on any atom is 0.339 e. The Morgan fingerprint density at radius 1 is 0.917 bits per heavy atom. The summed E-state index contributed by atoms with van der Waals surface area (Å²) in [7, 11) is 0. The van der Waals surface area contributed by atoms with Gasteiger partial charge in [0, 0.05) is 17.9 Å². The molecule has 0 fully saturated rings. The molecule has 7 nitrogen and oxygen atoms in total. The van der Waals surface area contributed by atoms with Crippen molar-refractivity contribution in [3.05, 3.63) is 95.5 Å². The van der Waals surface area contributed by atoms with Gasteiger partial charge in [0.05, 0.1) is 11.7 Å². The largest absolute Gasteiger partial charge is 0.487 e. The van der Waals surface area contributed by atoms with E-state index >= 15 is 0 Å². The van der Waals surface area contributed by atoms with E-state index in [-0.39, 0.29) is 18.6 Å². The molecule has 184 valence electrons. The first-order chi connectivity index (χ1) is 17.5. The van der Waals surface area contributed by atoms with E-state index in [1.165, 1.54) is 6.92 Å². The summed E-state index contributed by atoms with van der Waals surface area (Å²) in [6, 6.07) is 25.7. The molecule has 4 rings (SSSR count). The minimum atomic E-state index is -0.608. The number of hydrogen-bond acceptors (Lipinski definition) is 7. The Hall–Kier alpha value is -4.01. The number of rotatable bonds is 10. The molecule has 1 N–H and O–H groups in total. The van der Waals surface area contributed by atoms with Gasteiger partial charge in [-0.15, -0.1) is 11.3 Å². The summed E-state index contributed by atoms with van der Waals surface area (Å²) >= 11 is 1.61. The molecule has 0 saturated carbocycles. The van der Waals surface area contributed by atoms with E-state index < -0.39 is 5.97 Å². The minimum Gasteiger partial charge on any atom is -0.487 e. The van der Waals surface area contributed by atoms with Gasteiger partial charge in [0.2, 0.25) is 0 Å². The number of nitrogens with zero attached hydrogens (tertiary/aromatic N) is 1. The summed E-state index contributed by atoms with van der Waals surface area (Å²) < 4.78 is 5.93. The average Bonchev–Trinajstić information content (AvgIpc) is 3.37. The highest BCUT2D eigenvalue weighted by Crippen LogP contribution is 2.26. The zero-order chi connectivity index (χ0) is 25.3. The molecule has 0 aliphatic carbocycles. The van der Waals surface area contributed by atoms with Crippen LogP contribution in [0.25, 0.3) is 21.7 Å². The van der Waals surface area contributed by atoms with Crippen molar-refractivity contribution >= 4 is 23.2 Å². The van der Waals surface area contributed by atoms with Crippen LogP contribution >= 0.6 is 11.3 Å². The lowest BCUT2D eigenvalue weighted by Crippen LogP contribution is -2.30. The van der Waals surface area contributed by atoms with Gasteiger partial charge in [0.1, 0.15) is 17.4 Å². The predicted octanol–water partition coefficient (Wildman–Crippen LogP) is 5.73. The Kier molecular flexibility index (Phi) is 8.44. The van der Waals surface area contributed by atoms with Crippen LogP contribution in [0.3, 0.4) is 0 Å². The Morgan fingerprint density at radius 3 is 2.25 bits per heavy atom. The van der Waals surface area contributed by atoms with Crippen molar-refractivity contribution in [2.45, 2.75) is 26.5 Å². The highest BCUT2D eigenvalue weighted by Gasteiger charge is 2.11. The smallest absolute Gasteiger partial charge is 0.339 e. The van der Waals surface area contributed by atoms with E-state index in [1.54, 1.807) is 11.3 Å². The fourth-order valence-electron chi connectivity index (χ4n) is 3.48. The Labute approximate surface area is 213 Å². The molecule has 0 radical (unpaired) electrons. The van der Waals surface area contributed by atoms with E-state index in [2.05, 4.69) is 32.2 Å². The van der Waals surface area contributed by atoms with E-state index in [4.69, 9.17) is 4.74 Å². The fourth-order valence-corrected chi connectivity index (χ4v) is 4.29. The third-order valence-corrected chi connectivity index (χ3v) is 6.24. The number of carbonyl (C=O) groups excluding carboxylic acids is 2. The molecule has 1 heterocycles. The Bertz CT molecular complexity index is 1290. The number of nitrogens with one attached hydrogen (secondary N) is 1. The van der Waals surface area contributed by atoms with Crippen molar-refractivity contribution in [3.63, 3.8) is 0 Å². The monoisotopic (exact) mass is 502 g/mol. The number of benzene rings is 3. The summed E-state index contributed by atoms with van der Waals surface area (Å²) in [4.78, 5) is 36.1. The Morgan fingerprint density at radius 2 is 1.58 bits per heavy atom. The first-order valence-corrected chi connectivity index (χ1v) is 12.3. The lowest BCUT2D eigenvalue weighted by atomic mass is 10.0. The molecule has 36 heavy (non-hydrogen) atoms.